The molecule has 1 aliphatic heterocycles. The van der Waals surface area contributed by atoms with Crippen molar-refractivity contribution in [3.8, 4) is 5.75 Å². The predicted octanol–water partition coefficient (Wildman–Crippen LogP) is 3.68. The fourth-order valence-corrected chi connectivity index (χ4v) is 2.87. The topological polar surface area (TPSA) is 30.5 Å². The quantitative estimate of drug-likeness (QED) is 0.909. The summed E-state index contributed by atoms with van der Waals surface area (Å²) in [5.41, 5.74) is 1.31. The molecule has 1 heterocycles. The van der Waals surface area contributed by atoms with Crippen molar-refractivity contribution in [2.75, 3.05) is 20.3 Å². The van der Waals surface area contributed by atoms with E-state index in [1.54, 1.807) is 7.11 Å². The van der Waals surface area contributed by atoms with E-state index in [9.17, 15) is 0 Å². The molecule has 0 bridgehead atoms. The molecule has 0 radical (unpaired) electrons. The van der Waals surface area contributed by atoms with Crippen LogP contribution < -0.4 is 10.1 Å². The van der Waals surface area contributed by atoms with Crippen molar-refractivity contribution in [2.45, 2.75) is 31.9 Å². The van der Waals surface area contributed by atoms with Crippen LogP contribution in [0.1, 0.15) is 31.4 Å². The minimum absolute atomic E-state index is 0.334. The molecule has 0 saturated carbocycles. The van der Waals surface area contributed by atoms with Crippen LogP contribution in [0.15, 0.2) is 36.4 Å². The number of benzene rings is 2. The van der Waals surface area contributed by atoms with Crippen LogP contribution in [0, 0.1) is 0 Å². The second kappa shape index (κ2) is 6.46. The van der Waals surface area contributed by atoms with Gasteiger partial charge in [0.2, 0.25) is 0 Å². The van der Waals surface area contributed by atoms with Crippen molar-refractivity contribution >= 4 is 10.8 Å². The maximum absolute atomic E-state index is 5.66. The van der Waals surface area contributed by atoms with E-state index in [2.05, 4.69) is 42.6 Å². The summed E-state index contributed by atoms with van der Waals surface area (Å²) >= 11 is 0. The Morgan fingerprint density at radius 1 is 1.24 bits per heavy atom. The van der Waals surface area contributed by atoms with Crippen LogP contribution in [0.25, 0.3) is 10.8 Å². The van der Waals surface area contributed by atoms with Crippen LogP contribution in [0.5, 0.6) is 5.75 Å². The molecule has 2 unspecified atom stereocenters. The molecule has 1 aliphatic rings. The van der Waals surface area contributed by atoms with Crippen molar-refractivity contribution in [3.63, 3.8) is 0 Å². The lowest BCUT2D eigenvalue weighted by Crippen LogP contribution is -2.28. The third kappa shape index (κ3) is 3.36. The van der Waals surface area contributed by atoms with Crippen LogP contribution in [-0.2, 0) is 4.74 Å². The van der Waals surface area contributed by atoms with Crippen molar-refractivity contribution in [1.29, 1.82) is 0 Å². The van der Waals surface area contributed by atoms with E-state index in [4.69, 9.17) is 9.47 Å². The molecule has 3 rings (SSSR count). The van der Waals surface area contributed by atoms with Crippen molar-refractivity contribution in [3.05, 3.63) is 42.0 Å². The molecule has 0 aromatic heterocycles. The number of hydrogen-bond donors (Lipinski definition) is 1. The van der Waals surface area contributed by atoms with E-state index in [1.165, 1.54) is 29.2 Å². The lowest BCUT2D eigenvalue weighted by atomic mass is 10.0. The summed E-state index contributed by atoms with van der Waals surface area (Å²) in [7, 11) is 1.70. The smallest absolute Gasteiger partial charge is 0.119 e. The van der Waals surface area contributed by atoms with E-state index < -0.39 is 0 Å². The average Bonchev–Trinajstić information content (AvgIpc) is 3.05. The van der Waals surface area contributed by atoms with Gasteiger partial charge in [0.15, 0.2) is 0 Å². The molecule has 3 heteroatoms. The fraction of sp³-hybridized carbons (Fsp3) is 0.444. The molecule has 1 fully saturated rings. The standard InChI is InChI=1S/C18H23NO2/c1-13(19-12-18-4-3-9-21-18)14-5-6-16-11-17(20-2)8-7-15(16)10-14/h5-8,10-11,13,18-19H,3-4,9,12H2,1-2H3. The van der Waals surface area contributed by atoms with Gasteiger partial charge in [0, 0.05) is 19.2 Å². The summed E-state index contributed by atoms with van der Waals surface area (Å²) in [6.07, 6.45) is 2.76. The summed E-state index contributed by atoms with van der Waals surface area (Å²) in [4.78, 5) is 0. The largest absolute Gasteiger partial charge is 0.497 e. The lowest BCUT2D eigenvalue weighted by molar-refractivity contribution is 0.108. The monoisotopic (exact) mass is 285 g/mol. The maximum atomic E-state index is 5.66. The molecule has 21 heavy (non-hydrogen) atoms. The molecule has 1 saturated heterocycles. The number of hydrogen-bond acceptors (Lipinski definition) is 3. The fourth-order valence-electron chi connectivity index (χ4n) is 2.87. The second-order valence-corrected chi connectivity index (χ2v) is 5.74. The Hall–Kier alpha value is -1.58. The third-order valence-electron chi connectivity index (χ3n) is 4.25. The van der Waals surface area contributed by atoms with E-state index in [1.807, 2.05) is 6.07 Å². The number of rotatable bonds is 5. The summed E-state index contributed by atoms with van der Waals surface area (Å²) in [5, 5.41) is 6.04. The molecule has 3 nitrogen and oxygen atoms in total. The van der Waals surface area contributed by atoms with Gasteiger partial charge in [-0.05, 0) is 54.3 Å². The minimum Gasteiger partial charge on any atom is -0.497 e. The summed E-state index contributed by atoms with van der Waals surface area (Å²) in [5.74, 6) is 0.903. The van der Waals surface area contributed by atoms with Crippen LogP contribution in [0.3, 0.4) is 0 Å². The molecular formula is C18H23NO2. The highest BCUT2D eigenvalue weighted by Gasteiger charge is 2.16. The van der Waals surface area contributed by atoms with Crippen molar-refractivity contribution in [1.82, 2.24) is 5.32 Å². The number of ether oxygens (including phenoxy) is 2. The predicted molar refractivity (Wildman–Crippen MR) is 85.9 cm³/mol. The minimum atomic E-state index is 0.334. The number of nitrogens with one attached hydrogen (secondary N) is 1. The summed E-state index contributed by atoms with van der Waals surface area (Å²) in [6, 6.07) is 13.1. The van der Waals surface area contributed by atoms with Gasteiger partial charge in [-0.3, -0.25) is 0 Å². The lowest BCUT2D eigenvalue weighted by Gasteiger charge is -2.18. The highest BCUT2D eigenvalue weighted by atomic mass is 16.5. The maximum Gasteiger partial charge on any atom is 0.119 e. The van der Waals surface area contributed by atoms with E-state index >= 15 is 0 Å². The molecule has 2 aromatic rings. The SMILES string of the molecule is COc1ccc2cc(C(C)NCC3CCCO3)ccc2c1. The van der Waals surface area contributed by atoms with Gasteiger partial charge in [-0.15, -0.1) is 0 Å². The van der Waals surface area contributed by atoms with Gasteiger partial charge < -0.3 is 14.8 Å². The van der Waals surface area contributed by atoms with Gasteiger partial charge in [-0.1, -0.05) is 18.2 Å². The van der Waals surface area contributed by atoms with Crippen molar-refractivity contribution < 1.29 is 9.47 Å². The normalized spacial score (nSPS) is 19.8. The molecule has 1 N–H and O–H groups in total. The first-order chi connectivity index (χ1) is 10.3. The first-order valence-electron chi connectivity index (χ1n) is 7.69. The van der Waals surface area contributed by atoms with Gasteiger partial charge in [-0.25, -0.2) is 0 Å². The Morgan fingerprint density at radius 3 is 2.81 bits per heavy atom. The molecular weight excluding hydrogens is 262 g/mol. The summed E-state index contributed by atoms with van der Waals surface area (Å²) in [6.45, 7) is 4.06. The van der Waals surface area contributed by atoms with Crippen LogP contribution in [-0.4, -0.2) is 26.4 Å². The molecule has 112 valence electrons. The first-order valence-corrected chi connectivity index (χ1v) is 7.69. The first kappa shape index (κ1) is 14.4. The van der Waals surface area contributed by atoms with Crippen molar-refractivity contribution in [2.24, 2.45) is 0 Å². The molecule has 0 spiro atoms. The Labute approximate surface area is 126 Å². The zero-order valence-corrected chi connectivity index (χ0v) is 12.8. The second-order valence-electron chi connectivity index (χ2n) is 5.74. The van der Waals surface area contributed by atoms with Gasteiger partial charge in [0.25, 0.3) is 0 Å². The molecule has 0 aliphatic carbocycles. The van der Waals surface area contributed by atoms with Gasteiger partial charge in [-0.2, -0.15) is 0 Å². The van der Waals surface area contributed by atoms with Gasteiger partial charge >= 0.3 is 0 Å². The Bertz CT molecular complexity index is 605. The summed E-state index contributed by atoms with van der Waals surface area (Å²) < 4.78 is 10.9. The molecule has 0 amide bonds. The van der Waals surface area contributed by atoms with Crippen LogP contribution >= 0.6 is 0 Å². The van der Waals surface area contributed by atoms with Crippen LogP contribution in [0.4, 0.5) is 0 Å². The van der Waals surface area contributed by atoms with E-state index in [0.717, 1.165) is 18.9 Å². The Kier molecular flexibility index (Phi) is 4.42. The average molecular weight is 285 g/mol. The third-order valence-corrected chi connectivity index (χ3v) is 4.25. The van der Waals surface area contributed by atoms with E-state index in [-0.39, 0.29) is 0 Å². The van der Waals surface area contributed by atoms with Gasteiger partial charge in [0.05, 0.1) is 13.2 Å². The highest BCUT2D eigenvalue weighted by Crippen LogP contribution is 2.24. The van der Waals surface area contributed by atoms with Crippen LogP contribution in [0.2, 0.25) is 0 Å². The van der Waals surface area contributed by atoms with Gasteiger partial charge in [0.1, 0.15) is 5.75 Å². The Balaban J connectivity index is 1.70. The van der Waals surface area contributed by atoms with E-state index in [0.29, 0.717) is 12.1 Å². The number of fused-ring (bicyclic) bond motifs is 1. The number of methoxy groups -OCH3 is 1. The zero-order valence-electron chi connectivity index (χ0n) is 12.8. The zero-order chi connectivity index (χ0) is 14.7. The Morgan fingerprint density at radius 2 is 2.05 bits per heavy atom. The highest BCUT2D eigenvalue weighted by molar-refractivity contribution is 5.84. The molecule has 2 atom stereocenters. The molecule has 2 aromatic carbocycles.